The number of amides is 1. The summed E-state index contributed by atoms with van der Waals surface area (Å²) in [5.41, 5.74) is -1.34. The fourth-order valence-electron chi connectivity index (χ4n) is 8.50. The minimum absolute atomic E-state index is 0.163. The Balaban J connectivity index is 1.83. The fraction of sp³-hybridized carbons (Fsp3) is 0.882. The van der Waals surface area contributed by atoms with E-state index in [-0.39, 0.29) is 35.8 Å². The third kappa shape index (κ3) is 6.61. The highest BCUT2D eigenvalue weighted by molar-refractivity contribution is 6.00. The molecule has 0 radical (unpaired) electrons. The number of methoxy groups -OCH3 is 1. The topological polar surface area (TPSA) is 136 Å². The molecule has 12 heteroatoms. The highest BCUT2D eigenvalue weighted by atomic mass is 16.7. The number of aliphatic imine (C=N–C) groups is 1. The standard InChI is InChI=1S/C34H57N3O9/c1-13-24-34(9)28-20(5)25(35-18(3)16-37(28)32(41)46-34)17(2)15-33(8,42-12)29(21(6)26(38)22(7)30(40)44-24)45-31-27(39)23(36(10)11)14-19(4)43-31/h17-24,27-29,31,39H,13-16H2,1-12H3/t17-,18+,19-,20+,21+,22-,23+,24-,27-,28-,29-,31+,33+,34-/m1/s1. The molecule has 1 amide bonds. The first-order chi connectivity index (χ1) is 21.4. The van der Waals surface area contributed by atoms with Gasteiger partial charge in [0.15, 0.2) is 17.7 Å². The summed E-state index contributed by atoms with van der Waals surface area (Å²) in [6, 6.07) is -0.871. The van der Waals surface area contributed by atoms with Crippen LogP contribution in [0.25, 0.3) is 0 Å². The summed E-state index contributed by atoms with van der Waals surface area (Å²) in [6.07, 6.45) is -2.95. The van der Waals surface area contributed by atoms with Crippen LogP contribution in [0.3, 0.4) is 0 Å². The number of rotatable bonds is 5. The SMILES string of the molecule is CC[C@H]1OC(=O)[C@H](C)C(=O)[C@H](C)[C@@H](O[C@@H]2O[C@H](C)C[C@H](N(C)C)[C@H]2O)[C@@](C)(OC)C[C@@H](C)C2=N[C@@H](C)CN3C(=O)O[C@@]1(C)[C@H]3[C@H]2C. The van der Waals surface area contributed by atoms with Gasteiger partial charge in [-0.2, -0.15) is 0 Å². The Hall–Kier alpha value is -2.12. The predicted molar refractivity (Wildman–Crippen MR) is 171 cm³/mol. The molecule has 3 saturated heterocycles. The van der Waals surface area contributed by atoms with E-state index in [9.17, 15) is 19.5 Å². The molecule has 0 aliphatic carbocycles. The van der Waals surface area contributed by atoms with Crippen LogP contribution in [0.2, 0.25) is 0 Å². The smallest absolute Gasteiger partial charge is 0.411 e. The van der Waals surface area contributed by atoms with Crippen molar-refractivity contribution in [1.82, 2.24) is 9.80 Å². The molecule has 14 atom stereocenters. The van der Waals surface area contributed by atoms with Crippen molar-refractivity contribution in [1.29, 1.82) is 0 Å². The van der Waals surface area contributed by atoms with Gasteiger partial charge in [-0.25, -0.2) is 4.79 Å². The highest BCUT2D eigenvalue weighted by Gasteiger charge is 2.60. The highest BCUT2D eigenvalue weighted by Crippen LogP contribution is 2.44. The van der Waals surface area contributed by atoms with Gasteiger partial charge in [-0.1, -0.05) is 27.7 Å². The molecule has 2 bridgehead atoms. The second-order valence-electron chi connectivity index (χ2n) is 14.8. The number of carbonyl (C=O) groups excluding carboxylic acids is 3. The number of esters is 1. The van der Waals surface area contributed by atoms with Crippen molar-refractivity contribution < 1.29 is 43.2 Å². The molecule has 4 aliphatic heterocycles. The molecule has 0 spiro atoms. The Labute approximate surface area is 274 Å². The molecule has 0 aromatic heterocycles. The molecule has 46 heavy (non-hydrogen) atoms. The van der Waals surface area contributed by atoms with E-state index in [1.165, 1.54) is 6.92 Å². The molecule has 0 aromatic carbocycles. The van der Waals surface area contributed by atoms with Gasteiger partial charge in [-0.3, -0.25) is 19.5 Å². The van der Waals surface area contributed by atoms with E-state index in [0.717, 1.165) is 5.71 Å². The van der Waals surface area contributed by atoms with E-state index in [2.05, 4.69) is 6.92 Å². The zero-order valence-electron chi connectivity index (χ0n) is 29.8. The Morgan fingerprint density at radius 3 is 2.30 bits per heavy atom. The van der Waals surface area contributed by atoms with Crippen LogP contribution in [0.1, 0.15) is 81.6 Å². The molecular formula is C34H57N3O9. The molecule has 12 nitrogen and oxygen atoms in total. The maximum absolute atomic E-state index is 14.1. The summed E-state index contributed by atoms with van der Waals surface area (Å²) in [4.78, 5) is 50.0. The number of hydrogen-bond donors (Lipinski definition) is 1. The van der Waals surface area contributed by atoms with Crippen LogP contribution in [0.5, 0.6) is 0 Å². The van der Waals surface area contributed by atoms with E-state index in [0.29, 0.717) is 25.8 Å². The number of ketones is 1. The Bertz CT molecular complexity index is 1180. The third-order valence-electron chi connectivity index (χ3n) is 11.0. The van der Waals surface area contributed by atoms with Gasteiger partial charge < -0.3 is 33.7 Å². The van der Waals surface area contributed by atoms with Crippen molar-refractivity contribution in [3.63, 3.8) is 0 Å². The number of Topliss-reactive ketones (excluding diaryl/α,β-unsaturated/α-hetero) is 1. The van der Waals surface area contributed by atoms with Gasteiger partial charge in [0.1, 0.15) is 18.1 Å². The third-order valence-corrected chi connectivity index (χ3v) is 11.0. The maximum atomic E-state index is 14.1. The zero-order valence-corrected chi connectivity index (χ0v) is 29.8. The minimum atomic E-state index is -1.16. The monoisotopic (exact) mass is 651 g/mol. The normalized spacial score (nSPS) is 45.9. The van der Waals surface area contributed by atoms with Crippen LogP contribution in [0.15, 0.2) is 4.99 Å². The first kappa shape index (κ1) is 36.7. The quantitative estimate of drug-likeness (QED) is 0.348. The Kier molecular flexibility index (Phi) is 11.0. The number of nitrogens with zero attached hydrogens (tertiary/aromatic N) is 3. The zero-order chi connectivity index (χ0) is 34.5. The number of hydrogen-bond acceptors (Lipinski definition) is 11. The number of fused-ring (bicyclic) bond motifs is 1. The predicted octanol–water partition coefficient (Wildman–Crippen LogP) is 3.46. The molecule has 3 fully saturated rings. The Morgan fingerprint density at radius 2 is 1.72 bits per heavy atom. The van der Waals surface area contributed by atoms with Gasteiger partial charge in [-0.05, 0) is 73.9 Å². The average molecular weight is 652 g/mol. The van der Waals surface area contributed by atoms with Crippen molar-refractivity contribution in [3.8, 4) is 0 Å². The van der Waals surface area contributed by atoms with Gasteiger partial charge in [0, 0.05) is 37.2 Å². The summed E-state index contributed by atoms with van der Waals surface area (Å²) >= 11 is 0. The second kappa shape index (κ2) is 13.8. The van der Waals surface area contributed by atoms with Gasteiger partial charge in [0.05, 0.1) is 29.9 Å². The number of aliphatic hydroxyl groups is 1. The maximum Gasteiger partial charge on any atom is 0.411 e. The lowest BCUT2D eigenvalue weighted by Gasteiger charge is -2.47. The average Bonchev–Trinajstić information content (AvgIpc) is 3.15. The molecule has 4 aliphatic rings. The molecule has 0 unspecified atom stereocenters. The van der Waals surface area contributed by atoms with E-state index in [1.54, 1.807) is 18.9 Å². The number of carbonyl (C=O) groups is 3. The van der Waals surface area contributed by atoms with Gasteiger partial charge >= 0.3 is 12.1 Å². The summed E-state index contributed by atoms with van der Waals surface area (Å²) in [7, 11) is 5.39. The molecule has 0 saturated carbocycles. The lowest BCUT2D eigenvalue weighted by atomic mass is 9.73. The summed E-state index contributed by atoms with van der Waals surface area (Å²) in [6.45, 7) is 17.3. The van der Waals surface area contributed by atoms with E-state index in [1.807, 2.05) is 60.5 Å². The Morgan fingerprint density at radius 1 is 1.07 bits per heavy atom. The van der Waals surface area contributed by atoms with Crippen LogP contribution in [0, 0.1) is 23.7 Å². The van der Waals surface area contributed by atoms with Crippen molar-refractivity contribution in [2.45, 2.75) is 142 Å². The number of aliphatic hydroxyl groups excluding tert-OH is 1. The van der Waals surface area contributed by atoms with Crippen molar-refractivity contribution in [3.05, 3.63) is 0 Å². The van der Waals surface area contributed by atoms with Crippen LogP contribution in [-0.2, 0) is 33.3 Å². The summed E-state index contributed by atoms with van der Waals surface area (Å²) < 4.78 is 31.2. The lowest BCUT2D eigenvalue weighted by Crippen LogP contribution is -2.60. The second-order valence-corrected chi connectivity index (χ2v) is 14.8. The van der Waals surface area contributed by atoms with Crippen molar-refractivity contribution >= 4 is 23.6 Å². The van der Waals surface area contributed by atoms with Crippen molar-refractivity contribution in [2.75, 3.05) is 27.7 Å². The first-order valence-corrected chi connectivity index (χ1v) is 16.9. The summed E-state index contributed by atoms with van der Waals surface area (Å²) in [5.74, 6) is -3.46. The van der Waals surface area contributed by atoms with Crippen LogP contribution in [0.4, 0.5) is 4.79 Å². The molecular weight excluding hydrogens is 594 g/mol. The van der Waals surface area contributed by atoms with Crippen LogP contribution < -0.4 is 0 Å². The van der Waals surface area contributed by atoms with Gasteiger partial charge in [-0.15, -0.1) is 0 Å². The van der Waals surface area contributed by atoms with Crippen LogP contribution >= 0.6 is 0 Å². The molecule has 0 aromatic rings. The summed E-state index contributed by atoms with van der Waals surface area (Å²) in [5, 5.41) is 11.4. The van der Waals surface area contributed by atoms with E-state index in [4.69, 9.17) is 28.7 Å². The van der Waals surface area contributed by atoms with E-state index < -0.39 is 65.7 Å². The molecule has 262 valence electrons. The molecule has 4 heterocycles. The minimum Gasteiger partial charge on any atom is -0.458 e. The van der Waals surface area contributed by atoms with Crippen molar-refractivity contribution in [2.24, 2.45) is 28.7 Å². The number of cyclic esters (lactones) is 1. The largest absolute Gasteiger partial charge is 0.458 e. The van der Waals surface area contributed by atoms with Gasteiger partial charge in [0.25, 0.3) is 0 Å². The fourth-order valence-corrected chi connectivity index (χ4v) is 8.50. The first-order valence-electron chi connectivity index (χ1n) is 16.9. The lowest BCUT2D eigenvalue weighted by molar-refractivity contribution is -0.295. The van der Waals surface area contributed by atoms with E-state index >= 15 is 0 Å². The van der Waals surface area contributed by atoms with Gasteiger partial charge in [0.2, 0.25) is 0 Å². The van der Waals surface area contributed by atoms with Crippen LogP contribution in [-0.4, -0.2) is 126 Å². The molecule has 4 rings (SSSR count). The number of ether oxygens (including phenoxy) is 5. The number of likely N-dealkylation sites (N-methyl/N-ethyl adjacent to an activating group) is 1. The molecule has 1 N–H and O–H groups in total.